The molecule has 2 fully saturated rings. The molecule has 1 atom stereocenters. The lowest BCUT2D eigenvalue weighted by atomic mass is 9.85. The molecule has 1 saturated heterocycles. The number of hydrogen-bond acceptors (Lipinski definition) is 2. The van der Waals surface area contributed by atoms with E-state index in [1.54, 1.807) is 11.8 Å². The predicted octanol–water partition coefficient (Wildman–Crippen LogP) is 1.15. The first kappa shape index (κ1) is 12.2. The first-order valence-electron chi connectivity index (χ1n) is 6.33. The Bertz CT molecular complexity index is 309. The third-order valence-corrected chi connectivity index (χ3v) is 4.06. The summed E-state index contributed by atoms with van der Waals surface area (Å²) in [7, 11) is 0. The van der Waals surface area contributed by atoms with Gasteiger partial charge >= 0.3 is 12.0 Å². The smallest absolute Gasteiger partial charge is 0.317 e. The highest BCUT2D eigenvalue weighted by Crippen LogP contribution is 2.26. The van der Waals surface area contributed by atoms with Gasteiger partial charge in [-0.25, -0.2) is 4.79 Å². The van der Waals surface area contributed by atoms with E-state index in [0.717, 1.165) is 6.54 Å². The van der Waals surface area contributed by atoms with Gasteiger partial charge in [0, 0.05) is 25.6 Å². The minimum Gasteiger partial charge on any atom is -0.481 e. The maximum Gasteiger partial charge on any atom is 0.317 e. The van der Waals surface area contributed by atoms with Gasteiger partial charge in [0.15, 0.2) is 0 Å². The first-order chi connectivity index (χ1) is 8.08. The number of carbonyl (C=O) groups is 2. The van der Waals surface area contributed by atoms with Gasteiger partial charge in [0.2, 0.25) is 0 Å². The van der Waals surface area contributed by atoms with Crippen LogP contribution >= 0.6 is 0 Å². The van der Waals surface area contributed by atoms with Crippen LogP contribution < -0.4 is 5.32 Å². The Morgan fingerprint density at radius 3 is 2.53 bits per heavy atom. The van der Waals surface area contributed by atoms with Crippen LogP contribution in [0.5, 0.6) is 0 Å². The molecule has 1 aliphatic heterocycles. The molecule has 0 aromatic rings. The number of amides is 2. The zero-order valence-electron chi connectivity index (χ0n) is 10.2. The number of carbonyl (C=O) groups excluding carboxylic acids is 1. The number of aliphatic carboxylic acids is 1. The van der Waals surface area contributed by atoms with E-state index in [-0.39, 0.29) is 17.9 Å². The van der Waals surface area contributed by atoms with Crippen molar-refractivity contribution in [1.29, 1.82) is 0 Å². The summed E-state index contributed by atoms with van der Waals surface area (Å²) in [5, 5.41) is 11.8. The van der Waals surface area contributed by atoms with E-state index in [4.69, 9.17) is 5.11 Å². The van der Waals surface area contributed by atoms with E-state index in [1.807, 2.05) is 0 Å². The van der Waals surface area contributed by atoms with Crippen LogP contribution in [0.15, 0.2) is 0 Å². The molecule has 5 nitrogen and oxygen atoms in total. The molecule has 1 heterocycles. The molecule has 2 rings (SSSR count). The normalized spacial score (nSPS) is 22.5. The second-order valence-electron chi connectivity index (χ2n) is 5.27. The van der Waals surface area contributed by atoms with Crippen molar-refractivity contribution >= 4 is 12.0 Å². The predicted molar refractivity (Wildman–Crippen MR) is 62.6 cm³/mol. The second-order valence-corrected chi connectivity index (χ2v) is 5.27. The highest BCUT2D eigenvalue weighted by molar-refractivity contribution is 5.76. The minimum absolute atomic E-state index is 0.0364. The van der Waals surface area contributed by atoms with Crippen molar-refractivity contribution in [3.63, 3.8) is 0 Å². The molecule has 96 valence electrons. The van der Waals surface area contributed by atoms with Gasteiger partial charge < -0.3 is 15.3 Å². The zero-order valence-corrected chi connectivity index (χ0v) is 10.2. The van der Waals surface area contributed by atoms with E-state index < -0.39 is 5.97 Å². The van der Waals surface area contributed by atoms with Gasteiger partial charge in [-0.15, -0.1) is 0 Å². The summed E-state index contributed by atoms with van der Waals surface area (Å²) in [6, 6.07) is -0.0364. The third kappa shape index (κ3) is 2.70. The Labute approximate surface area is 101 Å². The molecule has 1 aliphatic carbocycles. The van der Waals surface area contributed by atoms with Gasteiger partial charge in [0.25, 0.3) is 0 Å². The number of carboxylic acid groups (broad SMARTS) is 1. The van der Waals surface area contributed by atoms with E-state index >= 15 is 0 Å². The van der Waals surface area contributed by atoms with Crippen LogP contribution in [0, 0.1) is 17.8 Å². The molecule has 2 N–H and O–H groups in total. The van der Waals surface area contributed by atoms with Crippen molar-refractivity contribution in [1.82, 2.24) is 10.2 Å². The van der Waals surface area contributed by atoms with Crippen LogP contribution in [0.25, 0.3) is 0 Å². The monoisotopic (exact) mass is 240 g/mol. The van der Waals surface area contributed by atoms with Gasteiger partial charge in [0.05, 0.1) is 5.92 Å². The summed E-state index contributed by atoms with van der Waals surface area (Å²) in [6.07, 6.45) is 3.72. The van der Waals surface area contributed by atoms with Crippen LogP contribution in [0.1, 0.15) is 26.2 Å². The lowest BCUT2D eigenvalue weighted by Crippen LogP contribution is -2.57. The highest BCUT2D eigenvalue weighted by atomic mass is 16.4. The van der Waals surface area contributed by atoms with Crippen molar-refractivity contribution in [2.24, 2.45) is 17.8 Å². The van der Waals surface area contributed by atoms with Crippen molar-refractivity contribution in [3.05, 3.63) is 0 Å². The minimum atomic E-state index is -0.774. The third-order valence-electron chi connectivity index (χ3n) is 4.06. The number of hydrogen-bond donors (Lipinski definition) is 2. The Morgan fingerprint density at radius 2 is 2.06 bits per heavy atom. The van der Waals surface area contributed by atoms with Crippen LogP contribution in [0.3, 0.4) is 0 Å². The SMILES string of the molecule is CC(C(=O)O)C1CN(C(=O)NCC2CCC2)C1. The number of rotatable bonds is 4. The van der Waals surface area contributed by atoms with Gasteiger partial charge in [-0.3, -0.25) is 4.79 Å². The number of carboxylic acids is 1. The Hall–Kier alpha value is -1.26. The second kappa shape index (κ2) is 4.94. The number of urea groups is 1. The van der Waals surface area contributed by atoms with Gasteiger partial charge in [-0.1, -0.05) is 13.3 Å². The summed E-state index contributed by atoms with van der Waals surface area (Å²) < 4.78 is 0. The van der Waals surface area contributed by atoms with Crippen LogP contribution in [0.4, 0.5) is 4.79 Å². The standard InChI is InChI=1S/C12H20N2O3/c1-8(11(15)16)10-6-14(7-10)12(17)13-5-9-3-2-4-9/h8-10H,2-7H2,1H3,(H,13,17)(H,15,16). The quantitative estimate of drug-likeness (QED) is 0.774. The molecular formula is C12H20N2O3. The highest BCUT2D eigenvalue weighted by Gasteiger charge is 2.37. The molecule has 2 aliphatic rings. The first-order valence-corrected chi connectivity index (χ1v) is 6.33. The topological polar surface area (TPSA) is 69.6 Å². The Balaban J connectivity index is 1.64. The molecule has 0 bridgehead atoms. The van der Waals surface area contributed by atoms with Crippen molar-refractivity contribution in [2.45, 2.75) is 26.2 Å². The molecule has 0 aromatic heterocycles. The van der Waals surface area contributed by atoms with E-state index in [2.05, 4.69) is 5.32 Å². The van der Waals surface area contributed by atoms with E-state index in [1.165, 1.54) is 19.3 Å². The van der Waals surface area contributed by atoms with Crippen LogP contribution in [-0.2, 0) is 4.79 Å². The average Bonchev–Trinajstić information content (AvgIpc) is 2.12. The van der Waals surface area contributed by atoms with Gasteiger partial charge in [-0.2, -0.15) is 0 Å². The number of nitrogens with zero attached hydrogens (tertiary/aromatic N) is 1. The fourth-order valence-electron chi connectivity index (χ4n) is 2.24. The fourth-order valence-corrected chi connectivity index (χ4v) is 2.24. The van der Waals surface area contributed by atoms with Crippen LogP contribution in [0.2, 0.25) is 0 Å². The molecular weight excluding hydrogens is 220 g/mol. The van der Waals surface area contributed by atoms with E-state index in [9.17, 15) is 9.59 Å². The molecule has 5 heteroatoms. The average molecular weight is 240 g/mol. The van der Waals surface area contributed by atoms with Crippen LogP contribution in [-0.4, -0.2) is 41.6 Å². The molecule has 0 aromatic carbocycles. The molecule has 1 unspecified atom stereocenters. The van der Waals surface area contributed by atoms with Gasteiger partial charge in [-0.05, 0) is 18.8 Å². The fraction of sp³-hybridized carbons (Fsp3) is 0.833. The summed E-state index contributed by atoms with van der Waals surface area (Å²) in [5.41, 5.74) is 0. The molecule has 2 amide bonds. The van der Waals surface area contributed by atoms with Gasteiger partial charge in [0.1, 0.15) is 0 Å². The maximum absolute atomic E-state index is 11.7. The van der Waals surface area contributed by atoms with Crippen molar-refractivity contribution < 1.29 is 14.7 Å². The lowest BCUT2D eigenvalue weighted by Gasteiger charge is -2.41. The lowest BCUT2D eigenvalue weighted by molar-refractivity contribution is -0.144. The number of nitrogens with one attached hydrogen (secondary N) is 1. The Morgan fingerprint density at radius 1 is 1.41 bits per heavy atom. The largest absolute Gasteiger partial charge is 0.481 e. The molecule has 1 saturated carbocycles. The summed E-state index contributed by atoms with van der Waals surface area (Å²) >= 11 is 0. The van der Waals surface area contributed by atoms with Crippen molar-refractivity contribution in [3.8, 4) is 0 Å². The van der Waals surface area contributed by atoms with Crippen molar-refractivity contribution in [2.75, 3.05) is 19.6 Å². The Kier molecular flexibility index (Phi) is 3.54. The molecule has 0 radical (unpaired) electrons. The maximum atomic E-state index is 11.7. The number of likely N-dealkylation sites (tertiary alicyclic amines) is 1. The van der Waals surface area contributed by atoms with E-state index in [0.29, 0.717) is 19.0 Å². The molecule has 17 heavy (non-hydrogen) atoms. The molecule has 0 spiro atoms. The summed E-state index contributed by atoms with van der Waals surface area (Å²) in [4.78, 5) is 24.1. The summed E-state index contributed by atoms with van der Waals surface area (Å²) in [6.45, 7) is 3.62. The zero-order chi connectivity index (χ0) is 12.4. The summed E-state index contributed by atoms with van der Waals surface area (Å²) in [5.74, 6) is -0.355.